The Morgan fingerprint density at radius 2 is 1.70 bits per heavy atom. The molecule has 3 aromatic rings. The van der Waals surface area contributed by atoms with Gasteiger partial charge in [-0.25, -0.2) is 4.68 Å². The summed E-state index contributed by atoms with van der Waals surface area (Å²) < 4.78 is 12.2. The molecular formula is C29H34N2O9. The lowest BCUT2D eigenvalue weighted by Crippen LogP contribution is -2.22. The first-order valence-electron chi connectivity index (χ1n) is 13.0. The molecule has 1 heterocycles. The number of ketones is 1. The van der Waals surface area contributed by atoms with Gasteiger partial charge in [0.05, 0.1) is 37.5 Å². The van der Waals surface area contributed by atoms with Crippen LogP contribution in [0.2, 0.25) is 0 Å². The van der Waals surface area contributed by atoms with E-state index in [1.165, 1.54) is 36.1 Å². The van der Waals surface area contributed by atoms with Crippen LogP contribution in [0.3, 0.4) is 0 Å². The van der Waals surface area contributed by atoms with Crippen LogP contribution in [0.5, 0.6) is 17.2 Å². The molecule has 40 heavy (non-hydrogen) atoms. The van der Waals surface area contributed by atoms with Gasteiger partial charge in [0.25, 0.3) is 5.56 Å². The van der Waals surface area contributed by atoms with Gasteiger partial charge in [0.15, 0.2) is 11.5 Å². The van der Waals surface area contributed by atoms with Crippen molar-refractivity contribution in [1.82, 2.24) is 9.78 Å². The number of aryl methyl sites for hydroxylation is 1. The molecule has 11 heteroatoms. The zero-order valence-electron chi connectivity index (χ0n) is 22.3. The normalized spacial score (nSPS) is 11.8. The Kier molecular flexibility index (Phi) is 11.2. The Labute approximate surface area is 231 Å². The van der Waals surface area contributed by atoms with Crippen molar-refractivity contribution < 1.29 is 39.5 Å². The Bertz CT molecular complexity index is 1330. The van der Waals surface area contributed by atoms with E-state index in [0.717, 1.165) is 5.56 Å². The number of aromatic hydroxyl groups is 2. The molecule has 1 aromatic heterocycles. The smallest absolute Gasteiger partial charge is 0.306 e. The van der Waals surface area contributed by atoms with Crippen LogP contribution < -0.4 is 10.3 Å². The van der Waals surface area contributed by atoms with E-state index in [1.807, 2.05) is 0 Å². The summed E-state index contributed by atoms with van der Waals surface area (Å²) in [4.78, 5) is 37.2. The number of carbonyl (C=O) groups excluding carboxylic acids is 1. The highest BCUT2D eigenvalue weighted by Crippen LogP contribution is 2.29. The summed E-state index contributed by atoms with van der Waals surface area (Å²) in [7, 11) is 1.54. The molecule has 0 aliphatic heterocycles. The number of phenols is 2. The van der Waals surface area contributed by atoms with E-state index in [0.29, 0.717) is 29.9 Å². The average molecular weight is 555 g/mol. The van der Waals surface area contributed by atoms with Crippen molar-refractivity contribution in [3.63, 3.8) is 0 Å². The molecule has 1 atom stereocenters. The molecule has 0 aliphatic rings. The predicted molar refractivity (Wildman–Crippen MR) is 146 cm³/mol. The van der Waals surface area contributed by atoms with Crippen LogP contribution >= 0.6 is 0 Å². The number of rotatable bonds is 16. The summed E-state index contributed by atoms with van der Waals surface area (Å²) in [5, 5.41) is 42.3. The standard InChI is InChI=1S/C29H34N2O9/c1-31-28(36)26(25(18-30-31)40-15-4-14-39-16-13-32)20-11-9-19(10-12-20)17-21(29(37)38)5-2-6-22(33)27-23(34)7-3-8-24(27)35/h3,7-12,18,21,32,34-35H,2,4-6,13-17H2,1H3,(H,37,38)/t21-/m0/s1. The van der Waals surface area contributed by atoms with Gasteiger partial charge in [-0.05, 0) is 42.5 Å². The maximum Gasteiger partial charge on any atom is 0.306 e. The first kappa shape index (κ1) is 30.3. The summed E-state index contributed by atoms with van der Waals surface area (Å²) in [6, 6.07) is 11.0. The van der Waals surface area contributed by atoms with Crippen LogP contribution in [0.15, 0.2) is 53.5 Å². The SMILES string of the molecule is Cn1ncc(OCCCOCCO)c(-c2ccc(C[C@H](CCCC(=O)c3c(O)cccc3O)C(=O)O)cc2)c1=O. The quantitative estimate of drug-likeness (QED) is 0.153. The Balaban J connectivity index is 1.65. The number of phenolic OH excluding ortho intramolecular Hbond substituents is 2. The number of carboxylic acids is 1. The third-order valence-corrected chi connectivity index (χ3v) is 6.36. The molecule has 214 valence electrons. The number of hydrogen-bond donors (Lipinski definition) is 4. The first-order valence-corrected chi connectivity index (χ1v) is 13.0. The lowest BCUT2D eigenvalue weighted by molar-refractivity contribution is -0.142. The molecule has 0 aliphatic carbocycles. The second kappa shape index (κ2) is 14.8. The fraction of sp³-hybridized carbons (Fsp3) is 0.379. The summed E-state index contributed by atoms with van der Waals surface area (Å²) in [6.45, 7) is 0.878. The molecule has 0 radical (unpaired) electrons. The highest BCUT2D eigenvalue weighted by molar-refractivity contribution is 6.01. The van der Waals surface area contributed by atoms with E-state index >= 15 is 0 Å². The molecule has 0 amide bonds. The predicted octanol–water partition coefficient (Wildman–Crippen LogP) is 2.93. The van der Waals surface area contributed by atoms with Crippen molar-refractivity contribution in [2.75, 3.05) is 26.4 Å². The van der Waals surface area contributed by atoms with Crippen molar-refractivity contribution >= 4 is 11.8 Å². The maximum atomic E-state index is 12.9. The number of carbonyl (C=O) groups is 2. The molecule has 11 nitrogen and oxygen atoms in total. The number of aliphatic hydroxyl groups is 1. The van der Waals surface area contributed by atoms with Crippen LogP contribution in [0.4, 0.5) is 0 Å². The van der Waals surface area contributed by atoms with E-state index in [2.05, 4.69) is 5.10 Å². The molecule has 0 fully saturated rings. The van der Waals surface area contributed by atoms with E-state index in [-0.39, 0.29) is 68.1 Å². The van der Waals surface area contributed by atoms with Crippen LogP contribution in [0, 0.1) is 5.92 Å². The molecule has 2 aromatic carbocycles. The molecule has 4 N–H and O–H groups in total. The molecule has 0 unspecified atom stereocenters. The van der Waals surface area contributed by atoms with E-state index < -0.39 is 17.7 Å². The van der Waals surface area contributed by atoms with Gasteiger partial charge in [0.1, 0.15) is 17.1 Å². The number of aliphatic hydroxyl groups excluding tert-OH is 1. The number of aliphatic carboxylic acids is 1. The summed E-state index contributed by atoms with van der Waals surface area (Å²) >= 11 is 0. The molecule has 0 spiro atoms. The highest BCUT2D eigenvalue weighted by Gasteiger charge is 2.21. The fourth-order valence-electron chi connectivity index (χ4n) is 4.26. The highest BCUT2D eigenvalue weighted by atomic mass is 16.5. The third-order valence-electron chi connectivity index (χ3n) is 6.36. The number of carboxylic acid groups (broad SMARTS) is 1. The van der Waals surface area contributed by atoms with Gasteiger partial charge >= 0.3 is 5.97 Å². The number of nitrogens with zero attached hydrogens (tertiary/aromatic N) is 2. The van der Waals surface area contributed by atoms with Crippen molar-refractivity contribution in [2.24, 2.45) is 13.0 Å². The fourth-order valence-corrected chi connectivity index (χ4v) is 4.26. The average Bonchev–Trinajstić information content (AvgIpc) is 2.92. The van der Waals surface area contributed by atoms with Crippen LogP contribution in [0.1, 0.15) is 41.6 Å². The zero-order chi connectivity index (χ0) is 29.1. The molecule has 0 saturated carbocycles. The molecular weight excluding hydrogens is 520 g/mol. The van der Waals surface area contributed by atoms with Gasteiger partial charge in [-0.3, -0.25) is 14.4 Å². The lowest BCUT2D eigenvalue weighted by Gasteiger charge is -2.14. The van der Waals surface area contributed by atoms with Crippen LogP contribution in [-0.2, 0) is 23.0 Å². The Hall–Kier alpha value is -4.22. The van der Waals surface area contributed by atoms with Crippen molar-refractivity contribution in [3.8, 4) is 28.4 Å². The number of Topliss-reactive ketones (excluding diaryl/α,β-unsaturated/α-hetero) is 1. The van der Waals surface area contributed by atoms with E-state index in [9.17, 15) is 29.7 Å². The van der Waals surface area contributed by atoms with Gasteiger partial charge in [-0.1, -0.05) is 30.3 Å². The topological polar surface area (TPSA) is 168 Å². The summed E-state index contributed by atoms with van der Waals surface area (Å²) in [6.07, 6.45) is 2.72. The molecule has 0 bridgehead atoms. The summed E-state index contributed by atoms with van der Waals surface area (Å²) in [5.74, 6) is -2.52. The van der Waals surface area contributed by atoms with Gasteiger partial charge in [-0.15, -0.1) is 0 Å². The Morgan fingerprint density at radius 1 is 1.00 bits per heavy atom. The molecule has 3 rings (SSSR count). The van der Waals surface area contributed by atoms with Gasteiger partial charge in [-0.2, -0.15) is 5.10 Å². The second-order valence-corrected chi connectivity index (χ2v) is 9.27. The first-order chi connectivity index (χ1) is 19.2. The Morgan fingerprint density at radius 3 is 2.35 bits per heavy atom. The molecule has 0 saturated heterocycles. The second-order valence-electron chi connectivity index (χ2n) is 9.27. The van der Waals surface area contributed by atoms with Crippen molar-refractivity contribution in [3.05, 3.63) is 70.1 Å². The minimum Gasteiger partial charge on any atom is -0.507 e. The van der Waals surface area contributed by atoms with Gasteiger partial charge in [0.2, 0.25) is 0 Å². The lowest BCUT2D eigenvalue weighted by atomic mass is 9.92. The van der Waals surface area contributed by atoms with Crippen LogP contribution in [-0.4, -0.2) is 68.4 Å². The number of hydrogen-bond acceptors (Lipinski definition) is 9. The largest absolute Gasteiger partial charge is 0.507 e. The van der Waals surface area contributed by atoms with Crippen LogP contribution in [0.25, 0.3) is 11.1 Å². The number of aromatic nitrogens is 2. The van der Waals surface area contributed by atoms with E-state index in [4.69, 9.17) is 14.6 Å². The van der Waals surface area contributed by atoms with Crippen molar-refractivity contribution in [2.45, 2.75) is 32.1 Å². The van der Waals surface area contributed by atoms with Gasteiger partial charge < -0.3 is 29.9 Å². The number of ether oxygens (including phenoxy) is 2. The minimum atomic E-state index is -0.997. The number of benzene rings is 2. The van der Waals surface area contributed by atoms with Crippen molar-refractivity contribution in [1.29, 1.82) is 0 Å². The van der Waals surface area contributed by atoms with Gasteiger partial charge in [0, 0.05) is 26.5 Å². The zero-order valence-corrected chi connectivity index (χ0v) is 22.3. The van der Waals surface area contributed by atoms with E-state index in [1.54, 1.807) is 24.3 Å². The minimum absolute atomic E-state index is 0.0183. The third kappa shape index (κ3) is 8.14. The maximum absolute atomic E-state index is 12.9. The monoisotopic (exact) mass is 554 g/mol. The summed E-state index contributed by atoms with van der Waals surface area (Å²) in [5.41, 5.74) is 1.17.